The Morgan fingerprint density at radius 3 is 2.61 bits per heavy atom. The first-order valence-electron chi connectivity index (χ1n) is 8.74. The minimum atomic E-state index is -0.273. The van der Waals surface area contributed by atoms with Gasteiger partial charge in [-0.05, 0) is 22.9 Å². The second kappa shape index (κ2) is 8.10. The molecular formula is C22H18N2O3S. The third kappa shape index (κ3) is 3.82. The van der Waals surface area contributed by atoms with E-state index in [1.807, 2.05) is 41.8 Å². The number of nitrogens with zero attached hydrogens (tertiary/aromatic N) is 1. The highest BCUT2D eigenvalue weighted by Gasteiger charge is 2.11. The molecule has 0 fully saturated rings. The molecule has 0 radical (unpaired) electrons. The maximum atomic E-state index is 12.2. The molecule has 0 aliphatic carbocycles. The van der Waals surface area contributed by atoms with Crippen LogP contribution in [0.15, 0.2) is 72.1 Å². The van der Waals surface area contributed by atoms with Crippen molar-refractivity contribution in [2.75, 3.05) is 19.0 Å². The van der Waals surface area contributed by atoms with Crippen LogP contribution >= 0.6 is 11.3 Å². The van der Waals surface area contributed by atoms with Crippen LogP contribution in [-0.2, 0) is 4.79 Å². The summed E-state index contributed by atoms with van der Waals surface area (Å²) in [7, 11) is 1.56. The monoisotopic (exact) mass is 390 g/mol. The number of hydrogen-bond acceptors (Lipinski definition) is 5. The van der Waals surface area contributed by atoms with E-state index in [4.69, 9.17) is 9.47 Å². The van der Waals surface area contributed by atoms with Gasteiger partial charge in [-0.1, -0.05) is 54.6 Å². The first-order chi connectivity index (χ1) is 13.7. The number of nitrogens with one attached hydrogen (secondary N) is 1. The Morgan fingerprint density at radius 2 is 1.75 bits per heavy atom. The van der Waals surface area contributed by atoms with Gasteiger partial charge in [0.05, 0.1) is 12.8 Å². The largest absolute Gasteiger partial charge is 0.493 e. The van der Waals surface area contributed by atoms with Crippen LogP contribution in [0.5, 0.6) is 11.5 Å². The van der Waals surface area contributed by atoms with Crippen LogP contribution in [0.4, 0.5) is 5.13 Å². The quantitative estimate of drug-likeness (QED) is 0.504. The average Bonchev–Trinajstić information content (AvgIpc) is 3.20. The lowest BCUT2D eigenvalue weighted by molar-refractivity contribution is -0.118. The predicted molar refractivity (Wildman–Crippen MR) is 112 cm³/mol. The number of carbonyl (C=O) groups excluding carboxylic acids is 1. The maximum Gasteiger partial charge on any atom is 0.264 e. The Balaban J connectivity index is 1.45. The van der Waals surface area contributed by atoms with E-state index < -0.39 is 0 Å². The Morgan fingerprint density at radius 1 is 1.00 bits per heavy atom. The van der Waals surface area contributed by atoms with Gasteiger partial charge in [0, 0.05) is 10.9 Å². The molecule has 0 bridgehead atoms. The smallest absolute Gasteiger partial charge is 0.264 e. The number of methoxy groups -OCH3 is 1. The number of anilines is 1. The van der Waals surface area contributed by atoms with Crippen LogP contribution in [0.3, 0.4) is 0 Å². The van der Waals surface area contributed by atoms with E-state index in [1.54, 1.807) is 19.2 Å². The minimum Gasteiger partial charge on any atom is -0.493 e. The SMILES string of the molecule is COc1ccccc1OCC(=O)Nc1nc(-c2cccc3ccccc23)cs1. The molecule has 140 valence electrons. The number of fused-ring (bicyclic) bond motifs is 1. The van der Waals surface area contributed by atoms with Crippen LogP contribution in [0.2, 0.25) is 0 Å². The highest BCUT2D eigenvalue weighted by atomic mass is 32.1. The van der Waals surface area contributed by atoms with Crippen LogP contribution in [-0.4, -0.2) is 24.6 Å². The van der Waals surface area contributed by atoms with Gasteiger partial charge >= 0.3 is 0 Å². The molecule has 6 heteroatoms. The lowest BCUT2D eigenvalue weighted by atomic mass is 10.0. The van der Waals surface area contributed by atoms with Crippen molar-refractivity contribution in [3.63, 3.8) is 0 Å². The number of benzene rings is 3. The van der Waals surface area contributed by atoms with Crippen LogP contribution in [0.25, 0.3) is 22.0 Å². The van der Waals surface area contributed by atoms with E-state index in [0.29, 0.717) is 16.6 Å². The molecule has 0 aliphatic heterocycles. The van der Waals surface area contributed by atoms with E-state index in [0.717, 1.165) is 22.0 Å². The van der Waals surface area contributed by atoms with Gasteiger partial charge in [0.1, 0.15) is 0 Å². The molecule has 4 aromatic rings. The summed E-state index contributed by atoms with van der Waals surface area (Å²) in [5, 5.41) is 7.56. The van der Waals surface area contributed by atoms with Crippen molar-refractivity contribution in [3.05, 3.63) is 72.1 Å². The van der Waals surface area contributed by atoms with Crippen molar-refractivity contribution in [3.8, 4) is 22.8 Å². The van der Waals surface area contributed by atoms with Crippen molar-refractivity contribution in [2.24, 2.45) is 0 Å². The van der Waals surface area contributed by atoms with Crippen LogP contribution in [0.1, 0.15) is 0 Å². The molecule has 0 saturated heterocycles. The van der Waals surface area contributed by atoms with Gasteiger partial charge in [-0.2, -0.15) is 0 Å². The summed E-state index contributed by atoms with van der Waals surface area (Å²) in [5.41, 5.74) is 1.88. The van der Waals surface area contributed by atoms with Crippen LogP contribution < -0.4 is 14.8 Å². The lowest BCUT2D eigenvalue weighted by Crippen LogP contribution is -2.20. The first kappa shape index (κ1) is 18.0. The molecule has 5 nitrogen and oxygen atoms in total. The molecule has 0 saturated carbocycles. The van der Waals surface area contributed by atoms with Crippen molar-refractivity contribution < 1.29 is 14.3 Å². The fraction of sp³-hybridized carbons (Fsp3) is 0.0909. The standard InChI is InChI=1S/C22H18N2O3S/c1-26-19-11-4-5-12-20(19)27-13-21(25)24-22-23-18(14-28-22)17-10-6-8-15-7-2-3-9-16(15)17/h2-12,14H,13H2,1H3,(H,23,24,25). The summed E-state index contributed by atoms with van der Waals surface area (Å²) in [6.07, 6.45) is 0. The second-order valence-corrected chi connectivity index (χ2v) is 6.91. The number of ether oxygens (including phenoxy) is 2. The van der Waals surface area contributed by atoms with Gasteiger partial charge < -0.3 is 9.47 Å². The van der Waals surface area contributed by atoms with E-state index in [1.165, 1.54) is 11.3 Å². The third-order valence-corrected chi connectivity index (χ3v) is 5.00. The number of carbonyl (C=O) groups is 1. The number of hydrogen-bond donors (Lipinski definition) is 1. The molecule has 1 aromatic heterocycles. The molecule has 3 aromatic carbocycles. The van der Waals surface area contributed by atoms with Gasteiger partial charge in [0.2, 0.25) is 0 Å². The maximum absolute atomic E-state index is 12.2. The molecule has 0 aliphatic rings. The molecule has 4 rings (SSSR count). The van der Waals surface area contributed by atoms with E-state index in [9.17, 15) is 4.79 Å². The van der Waals surface area contributed by atoms with Gasteiger partial charge in [-0.3, -0.25) is 10.1 Å². The Kier molecular flexibility index (Phi) is 5.21. The van der Waals surface area contributed by atoms with E-state index in [-0.39, 0.29) is 12.5 Å². The molecule has 28 heavy (non-hydrogen) atoms. The molecular weight excluding hydrogens is 372 g/mol. The highest BCUT2D eigenvalue weighted by molar-refractivity contribution is 7.14. The number of aromatic nitrogens is 1. The topological polar surface area (TPSA) is 60.5 Å². The molecule has 1 heterocycles. The van der Waals surface area contributed by atoms with E-state index in [2.05, 4.69) is 28.5 Å². The summed E-state index contributed by atoms with van der Waals surface area (Å²) in [6, 6.07) is 21.5. The van der Waals surface area contributed by atoms with Gasteiger partial charge in [0.15, 0.2) is 23.2 Å². The molecule has 0 atom stereocenters. The number of para-hydroxylation sites is 2. The molecule has 0 spiro atoms. The van der Waals surface area contributed by atoms with Crippen LogP contribution in [0, 0.1) is 0 Å². The summed E-state index contributed by atoms with van der Waals surface area (Å²) < 4.78 is 10.8. The minimum absolute atomic E-state index is 0.121. The summed E-state index contributed by atoms with van der Waals surface area (Å²) in [5.74, 6) is 0.836. The highest BCUT2D eigenvalue weighted by Crippen LogP contribution is 2.31. The molecule has 1 amide bonds. The van der Waals surface area contributed by atoms with Crippen molar-refractivity contribution in [1.82, 2.24) is 4.98 Å². The number of rotatable bonds is 6. The number of thiazole rings is 1. The predicted octanol–water partition coefficient (Wildman–Crippen LogP) is 4.99. The van der Waals surface area contributed by atoms with Crippen molar-refractivity contribution in [2.45, 2.75) is 0 Å². The third-order valence-electron chi connectivity index (χ3n) is 4.24. The number of amides is 1. The van der Waals surface area contributed by atoms with Gasteiger partial charge in [-0.25, -0.2) is 4.98 Å². The molecule has 0 unspecified atom stereocenters. The fourth-order valence-electron chi connectivity index (χ4n) is 2.94. The fourth-order valence-corrected chi connectivity index (χ4v) is 3.67. The van der Waals surface area contributed by atoms with Gasteiger partial charge in [-0.15, -0.1) is 11.3 Å². The first-order valence-corrected chi connectivity index (χ1v) is 9.62. The average molecular weight is 390 g/mol. The van der Waals surface area contributed by atoms with E-state index >= 15 is 0 Å². The Labute approximate surface area is 166 Å². The zero-order chi connectivity index (χ0) is 19.3. The summed E-state index contributed by atoms with van der Waals surface area (Å²) in [6.45, 7) is -0.121. The lowest BCUT2D eigenvalue weighted by Gasteiger charge is -2.09. The Bertz CT molecular complexity index is 1120. The molecule has 1 N–H and O–H groups in total. The zero-order valence-corrected chi connectivity index (χ0v) is 16.0. The second-order valence-electron chi connectivity index (χ2n) is 6.05. The summed E-state index contributed by atoms with van der Waals surface area (Å²) >= 11 is 1.39. The zero-order valence-electron chi connectivity index (χ0n) is 15.2. The Hall–Kier alpha value is -3.38. The summed E-state index contributed by atoms with van der Waals surface area (Å²) in [4.78, 5) is 16.8. The normalized spacial score (nSPS) is 10.6. The van der Waals surface area contributed by atoms with Crippen molar-refractivity contribution >= 4 is 33.1 Å². The van der Waals surface area contributed by atoms with Gasteiger partial charge in [0.25, 0.3) is 5.91 Å². The van der Waals surface area contributed by atoms with Crippen molar-refractivity contribution in [1.29, 1.82) is 0 Å².